The fourth-order valence-electron chi connectivity index (χ4n) is 14.1. The average Bonchev–Trinajstić information content (AvgIpc) is 0.794. The average molecular weight is 1860 g/mol. The van der Waals surface area contributed by atoms with E-state index in [9.17, 15) is 95.9 Å². The monoisotopic (exact) mass is 1860 g/mol. The lowest BCUT2D eigenvalue weighted by Crippen LogP contribution is -2.66. The molecule has 736 valence electrons. The second-order valence-corrected chi connectivity index (χ2v) is 31.3. The van der Waals surface area contributed by atoms with Gasteiger partial charge in [-0.1, -0.05) is 44.9 Å². The van der Waals surface area contributed by atoms with Gasteiger partial charge in [0.25, 0.3) is 0 Å². The second-order valence-electron chi connectivity index (χ2n) is 31.3. The van der Waals surface area contributed by atoms with E-state index >= 15 is 0 Å². The van der Waals surface area contributed by atoms with Gasteiger partial charge in [-0.15, -0.1) is 0 Å². The summed E-state index contributed by atoms with van der Waals surface area (Å²) in [6, 6.07) is -3.86. The van der Waals surface area contributed by atoms with E-state index in [1.807, 2.05) is 0 Å². The van der Waals surface area contributed by atoms with Crippen LogP contribution in [0, 0.1) is 0 Å². The van der Waals surface area contributed by atoms with Gasteiger partial charge in [-0.05, 0) is 51.4 Å². The lowest BCUT2D eigenvalue weighted by Gasteiger charge is -2.44. The van der Waals surface area contributed by atoms with E-state index in [-0.39, 0.29) is 149 Å². The van der Waals surface area contributed by atoms with E-state index in [1.54, 1.807) is 0 Å². The van der Waals surface area contributed by atoms with Crippen LogP contribution >= 0.6 is 0 Å². The highest BCUT2D eigenvalue weighted by molar-refractivity contribution is 5.82. The highest BCUT2D eigenvalue weighted by atomic mass is 16.7. The number of carbonyl (C=O) groups is 20. The van der Waals surface area contributed by atoms with Crippen LogP contribution in [0.5, 0.6) is 0 Å². The molecule has 15 atom stereocenters. The van der Waals surface area contributed by atoms with Crippen LogP contribution in [0.1, 0.15) is 231 Å². The summed E-state index contributed by atoms with van der Waals surface area (Å²) >= 11 is 0. The second kappa shape index (κ2) is 62.4. The molecule has 0 radical (unpaired) electrons. The minimum atomic E-state index is -1.43. The maximum absolute atomic E-state index is 14.3. The van der Waals surface area contributed by atoms with Crippen molar-refractivity contribution in [2.45, 2.75) is 328 Å². The topological polar surface area (TPSA) is 609 Å². The number of hydrogen-bond donors (Lipinski definition) is 10. The molecule has 3 rings (SSSR count). The molecule has 0 aromatic rings. The molecule has 3 aliphatic heterocycles. The molecule has 0 aliphatic carbocycles. The Balaban J connectivity index is 1.82. The molecular formula is C84H134N10O36. The number of unbranched alkanes of at least 4 members (excludes halogenated alkanes) is 8. The first-order valence-electron chi connectivity index (χ1n) is 43.7. The van der Waals surface area contributed by atoms with E-state index in [2.05, 4.69) is 53.2 Å². The molecule has 9 unspecified atom stereocenters. The van der Waals surface area contributed by atoms with Gasteiger partial charge in [-0.25, -0.2) is 0 Å². The van der Waals surface area contributed by atoms with Gasteiger partial charge >= 0.3 is 59.7 Å². The molecule has 0 bridgehead atoms. The molecular weight excluding hydrogens is 1720 g/mol. The standard InChI is InChI=1S/C84H134N10O36/c1-49(95)91-72-78(125-58(10)104)75(122-55(7)101)61(46-119-52(4)98)128-81(72)116-43-31-67(110)88-40-23-37-85-64(107)28-34-84(94-70(113)26-21-19-17-15-14-16-18-20-22-27-71(114)115-13,35-29-65(108)86-38-24-41-89-68(111)32-44-117-82-73(92-50(2)96)79(126-59(11)105)76(123-56(8)102)62(129-82)47-120-53(5)99)36-30-66(109)87-39-25-42-90-69(112)33-45-118-83-74(93-51(3)97)80(127-60(12)106)77(124-57(9)103)63(130-83)48-121-54(6)100/h61-63,72-83H,14-48H2,1-13H3,(H,85,107)(H,86,108)(H,87,109)(H,88,110)(H,89,111)(H,90,112)(H,91,95)(H,92,96)(H,93,97)(H,94,113)/t61?,62?,63?,72?,73?,74?,75-,76-,77-,78?,79?,80?,81+,82+,83+,84?/m0/s1. The van der Waals surface area contributed by atoms with Crippen molar-refractivity contribution in [3.63, 3.8) is 0 Å². The van der Waals surface area contributed by atoms with Crippen LogP contribution in [0.25, 0.3) is 0 Å². The van der Waals surface area contributed by atoms with Gasteiger partial charge < -0.3 is 129 Å². The Kier molecular flexibility index (Phi) is 54.4. The fourth-order valence-corrected chi connectivity index (χ4v) is 14.1. The van der Waals surface area contributed by atoms with Crippen molar-refractivity contribution >= 4 is 119 Å². The van der Waals surface area contributed by atoms with Crippen molar-refractivity contribution in [3.05, 3.63) is 0 Å². The zero-order valence-corrected chi connectivity index (χ0v) is 76.6. The Labute approximate surface area is 755 Å². The van der Waals surface area contributed by atoms with Crippen molar-refractivity contribution in [2.75, 3.05) is 86.0 Å². The van der Waals surface area contributed by atoms with Crippen LogP contribution < -0.4 is 53.2 Å². The summed E-state index contributed by atoms with van der Waals surface area (Å²) in [5.41, 5.74) is -1.39. The van der Waals surface area contributed by atoms with Crippen molar-refractivity contribution < 1.29 is 172 Å². The molecule has 0 aromatic heterocycles. The molecule has 46 nitrogen and oxygen atoms in total. The zero-order chi connectivity index (χ0) is 96.8. The Morgan fingerprint density at radius 2 is 0.508 bits per heavy atom. The van der Waals surface area contributed by atoms with Crippen LogP contribution in [-0.2, 0) is 172 Å². The molecule has 3 aliphatic rings. The summed E-state index contributed by atoms with van der Waals surface area (Å²) in [5, 5.41) is 27.4. The van der Waals surface area contributed by atoms with E-state index in [1.165, 1.54) is 7.11 Å². The molecule has 0 spiro atoms. The Morgan fingerprint density at radius 1 is 0.269 bits per heavy atom. The highest BCUT2D eigenvalue weighted by Gasteiger charge is 2.55. The summed E-state index contributed by atoms with van der Waals surface area (Å²) < 4.78 is 88.6. The number of nitrogens with one attached hydrogen (secondary N) is 10. The summed E-state index contributed by atoms with van der Waals surface area (Å²) in [6.45, 7) is 11.1. The minimum absolute atomic E-state index is 0.0312. The summed E-state index contributed by atoms with van der Waals surface area (Å²) in [4.78, 5) is 253. The van der Waals surface area contributed by atoms with Gasteiger partial charge in [-0.3, -0.25) is 95.9 Å². The van der Waals surface area contributed by atoms with E-state index in [0.717, 1.165) is 128 Å². The number of rotatable bonds is 61. The minimum Gasteiger partial charge on any atom is -0.469 e. The smallest absolute Gasteiger partial charge is 0.305 e. The molecule has 10 amide bonds. The van der Waals surface area contributed by atoms with Crippen molar-refractivity contribution in [3.8, 4) is 0 Å². The van der Waals surface area contributed by atoms with Crippen LogP contribution in [0.3, 0.4) is 0 Å². The molecule has 0 saturated carbocycles. The molecule has 3 saturated heterocycles. The van der Waals surface area contributed by atoms with Gasteiger partial charge in [0.15, 0.2) is 55.5 Å². The third kappa shape index (κ3) is 48.2. The fraction of sp³-hybridized carbons (Fsp3) is 0.762. The normalized spacial score (nSPS) is 21.9. The van der Waals surface area contributed by atoms with Gasteiger partial charge in [0.2, 0.25) is 59.1 Å². The summed E-state index contributed by atoms with van der Waals surface area (Å²) in [7, 11) is 1.35. The quantitative estimate of drug-likeness (QED) is 0.0212. The van der Waals surface area contributed by atoms with Crippen molar-refractivity contribution in [1.82, 2.24) is 53.2 Å². The predicted octanol–water partition coefficient (Wildman–Crippen LogP) is -0.298. The molecule has 3 fully saturated rings. The maximum Gasteiger partial charge on any atom is 0.305 e. The SMILES string of the molecule is COC(=O)CCCCCCCCCCCC(=O)NC(CCC(=O)NCCCNC(=O)CCO[C@@H]1OC(COC(C)=O)[C@H](OC(C)=O)C(OC(C)=O)C1NC(C)=O)(CCC(=O)NCCCNC(=O)CCO[C@@H]1OC(COC(C)=O)[C@H](OC(C)=O)C(OC(C)=O)C1NC(C)=O)CCC(=O)NCCCNC(=O)CCO[C@@H]1OC(COC(C)=O)[C@H](OC(C)=O)C(OC(C)=O)C1NC(C)=O. The molecule has 46 heteroatoms. The predicted molar refractivity (Wildman–Crippen MR) is 447 cm³/mol. The Morgan fingerprint density at radius 3 is 0.746 bits per heavy atom. The lowest BCUT2D eigenvalue weighted by atomic mass is 9.82. The van der Waals surface area contributed by atoms with E-state index < -0.39 is 230 Å². The number of carbonyl (C=O) groups excluding carboxylic acids is 20. The Hall–Kier alpha value is -10.8. The van der Waals surface area contributed by atoms with E-state index in [0.29, 0.717) is 19.3 Å². The Bertz CT molecular complexity index is 3390. The lowest BCUT2D eigenvalue weighted by molar-refractivity contribution is -0.277. The molecule has 0 aromatic carbocycles. The third-order valence-corrected chi connectivity index (χ3v) is 19.9. The number of amides is 10. The van der Waals surface area contributed by atoms with E-state index in [4.69, 9.17) is 75.8 Å². The van der Waals surface area contributed by atoms with Crippen LogP contribution in [-0.4, -0.2) is 302 Å². The van der Waals surface area contributed by atoms with Crippen molar-refractivity contribution in [2.24, 2.45) is 0 Å². The van der Waals surface area contributed by atoms with Crippen LogP contribution in [0.15, 0.2) is 0 Å². The maximum atomic E-state index is 14.3. The summed E-state index contributed by atoms with van der Waals surface area (Å²) in [5.74, 6) is -12.7. The van der Waals surface area contributed by atoms with Gasteiger partial charge in [0.1, 0.15) is 56.3 Å². The van der Waals surface area contributed by atoms with Crippen LogP contribution in [0.2, 0.25) is 0 Å². The summed E-state index contributed by atoms with van der Waals surface area (Å²) in [6.07, 6.45) is -9.97. The number of ether oxygens (including phenoxy) is 16. The largest absolute Gasteiger partial charge is 0.469 e. The number of methoxy groups -OCH3 is 1. The number of esters is 10. The first kappa shape index (κ1) is 113. The molecule has 130 heavy (non-hydrogen) atoms. The first-order valence-corrected chi connectivity index (χ1v) is 43.7. The third-order valence-electron chi connectivity index (χ3n) is 19.9. The highest BCUT2D eigenvalue weighted by Crippen LogP contribution is 2.33. The zero-order valence-electron chi connectivity index (χ0n) is 76.6. The molecule has 3 heterocycles. The van der Waals surface area contributed by atoms with Crippen LogP contribution in [0.4, 0.5) is 0 Å². The van der Waals surface area contributed by atoms with Crippen molar-refractivity contribution in [1.29, 1.82) is 0 Å². The molecule has 10 N–H and O–H groups in total. The van der Waals surface area contributed by atoms with Gasteiger partial charge in [0.05, 0.1) is 46.2 Å². The van der Waals surface area contributed by atoms with Gasteiger partial charge in [0, 0.05) is 160 Å². The number of hydrogen-bond acceptors (Lipinski definition) is 36. The van der Waals surface area contributed by atoms with Gasteiger partial charge in [-0.2, -0.15) is 0 Å². The first-order chi connectivity index (χ1) is 61.6.